The average molecular weight is 354 g/mol. The summed E-state index contributed by atoms with van der Waals surface area (Å²) in [7, 11) is 1.53. The predicted octanol–water partition coefficient (Wildman–Crippen LogP) is 4.53. The summed E-state index contributed by atoms with van der Waals surface area (Å²) in [5.41, 5.74) is 5.78. The molecular formula is C17H17F3N2OS. The SMILES string of the molecule is COc1ccc(N(C(N)=S)C(C)c2ccccc2C(F)(F)F)cc1. The van der Waals surface area contributed by atoms with Crippen molar-refractivity contribution in [3.63, 3.8) is 0 Å². The van der Waals surface area contributed by atoms with E-state index in [-0.39, 0.29) is 10.7 Å². The van der Waals surface area contributed by atoms with Crippen molar-refractivity contribution in [3.8, 4) is 5.75 Å². The Labute approximate surface area is 143 Å². The van der Waals surface area contributed by atoms with Gasteiger partial charge in [-0.2, -0.15) is 13.2 Å². The van der Waals surface area contributed by atoms with Crippen LogP contribution in [0.4, 0.5) is 18.9 Å². The van der Waals surface area contributed by atoms with Crippen LogP contribution < -0.4 is 15.4 Å². The molecule has 24 heavy (non-hydrogen) atoms. The molecule has 0 aromatic heterocycles. The van der Waals surface area contributed by atoms with Gasteiger partial charge >= 0.3 is 6.18 Å². The molecule has 0 radical (unpaired) electrons. The Hall–Kier alpha value is -2.28. The third-order valence-corrected chi connectivity index (χ3v) is 3.89. The van der Waals surface area contributed by atoms with Gasteiger partial charge in [0.05, 0.1) is 18.7 Å². The number of thiocarbonyl (C=S) groups is 1. The van der Waals surface area contributed by atoms with Crippen LogP contribution in [-0.2, 0) is 6.18 Å². The average Bonchev–Trinajstić information content (AvgIpc) is 2.54. The van der Waals surface area contributed by atoms with Gasteiger partial charge in [-0.05, 0) is 55.0 Å². The first-order valence-corrected chi connectivity index (χ1v) is 7.55. The van der Waals surface area contributed by atoms with E-state index < -0.39 is 17.8 Å². The van der Waals surface area contributed by atoms with Crippen LogP contribution in [0.1, 0.15) is 24.1 Å². The van der Waals surface area contributed by atoms with Gasteiger partial charge in [-0.1, -0.05) is 18.2 Å². The molecule has 2 rings (SSSR count). The Morgan fingerprint density at radius 3 is 2.21 bits per heavy atom. The molecule has 0 amide bonds. The number of halogens is 3. The number of methoxy groups -OCH3 is 1. The van der Waals surface area contributed by atoms with E-state index in [0.29, 0.717) is 11.4 Å². The van der Waals surface area contributed by atoms with Crippen LogP contribution >= 0.6 is 12.2 Å². The van der Waals surface area contributed by atoms with Gasteiger partial charge in [-0.15, -0.1) is 0 Å². The maximum absolute atomic E-state index is 13.3. The second-order valence-electron chi connectivity index (χ2n) is 5.17. The molecule has 128 valence electrons. The Morgan fingerprint density at radius 2 is 1.71 bits per heavy atom. The van der Waals surface area contributed by atoms with Crippen molar-refractivity contribution in [2.75, 3.05) is 12.0 Å². The topological polar surface area (TPSA) is 38.5 Å². The quantitative estimate of drug-likeness (QED) is 0.819. The van der Waals surface area contributed by atoms with Crippen molar-refractivity contribution < 1.29 is 17.9 Å². The maximum Gasteiger partial charge on any atom is 0.416 e. The van der Waals surface area contributed by atoms with Gasteiger partial charge in [-0.3, -0.25) is 0 Å². The number of anilines is 1. The molecule has 0 aliphatic heterocycles. The third-order valence-electron chi connectivity index (χ3n) is 3.69. The van der Waals surface area contributed by atoms with Crippen molar-refractivity contribution in [1.29, 1.82) is 0 Å². The van der Waals surface area contributed by atoms with Crippen molar-refractivity contribution in [1.82, 2.24) is 0 Å². The summed E-state index contributed by atoms with van der Waals surface area (Å²) in [6.45, 7) is 1.63. The highest BCUT2D eigenvalue weighted by Gasteiger charge is 2.35. The van der Waals surface area contributed by atoms with E-state index in [4.69, 9.17) is 22.7 Å². The highest BCUT2D eigenvalue weighted by molar-refractivity contribution is 7.80. The van der Waals surface area contributed by atoms with E-state index in [1.165, 1.54) is 24.1 Å². The van der Waals surface area contributed by atoms with E-state index >= 15 is 0 Å². The number of alkyl halides is 3. The fraction of sp³-hybridized carbons (Fsp3) is 0.235. The molecule has 0 saturated heterocycles. The Kier molecular flexibility index (Phi) is 5.33. The Bertz CT molecular complexity index is 717. The molecule has 0 saturated carbocycles. The van der Waals surface area contributed by atoms with Crippen molar-refractivity contribution >= 4 is 23.0 Å². The first-order chi connectivity index (χ1) is 11.3. The standard InChI is InChI=1S/C17H17F3N2OS/c1-11(14-5-3-4-6-15(14)17(18,19)20)22(16(21)24)12-7-9-13(23-2)10-8-12/h3-11H,1-2H3,(H2,21,24). The Morgan fingerprint density at radius 1 is 1.12 bits per heavy atom. The zero-order valence-electron chi connectivity index (χ0n) is 13.2. The summed E-state index contributed by atoms with van der Waals surface area (Å²) in [5, 5.41) is -0.00959. The second kappa shape index (κ2) is 7.09. The summed E-state index contributed by atoms with van der Waals surface area (Å²) in [4.78, 5) is 1.49. The zero-order valence-corrected chi connectivity index (χ0v) is 14.0. The normalized spacial score (nSPS) is 12.5. The lowest BCUT2D eigenvalue weighted by Crippen LogP contribution is -2.38. The molecule has 0 aliphatic rings. The number of benzene rings is 2. The lowest BCUT2D eigenvalue weighted by atomic mass is 9.99. The van der Waals surface area contributed by atoms with Crippen LogP contribution in [0.3, 0.4) is 0 Å². The molecule has 2 aromatic carbocycles. The molecule has 2 aromatic rings. The fourth-order valence-electron chi connectivity index (χ4n) is 2.54. The lowest BCUT2D eigenvalue weighted by molar-refractivity contribution is -0.138. The number of ether oxygens (including phenoxy) is 1. The fourth-order valence-corrected chi connectivity index (χ4v) is 2.81. The van der Waals surface area contributed by atoms with E-state index in [1.807, 2.05) is 0 Å². The lowest BCUT2D eigenvalue weighted by Gasteiger charge is -2.31. The van der Waals surface area contributed by atoms with E-state index in [1.54, 1.807) is 37.3 Å². The number of hydrogen-bond donors (Lipinski definition) is 1. The largest absolute Gasteiger partial charge is 0.497 e. The molecule has 0 aliphatic carbocycles. The number of hydrogen-bond acceptors (Lipinski definition) is 2. The van der Waals surface area contributed by atoms with Crippen LogP contribution in [0.5, 0.6) is 5.75 Å². The van der Waals surface area contributed by atoms with E-state index in [2.05, 4.69) is 0 Å². The van der Waals surface area contributed by atoms with Gasteiger partial charge in [0.1, 0.15) is 5.75 Å². The van der Waals surface area contributed by atoms with Gasteiger partial charge < -0.3 is 15.4 Å². The zero-order chi connectivity index (χ0) is 17.9. The summed E-state index contributed by atoms with van der Waals surface area (Å²) < 4.78 is 44.9. The minimum atomic E-state index is -4.45. The highest BCUT2D eigenvalue weighted by atomic mass is 32.1. The number of nitrogens with zero attached hydrogens (tertiary/aromatic N) is 1. The van der Waals surface area contributed by atoms with Gasteiger partial charge in [-0.25, -0.2) is 0 Å². The van der Waals surface area contributed by atoms with Gasteiger partial charge in [0.2, 0.25) is 0 Å². The predicted molar refractivity (Wildman–Crippen MR) is 92.1 cm³/mol. The number of nitrogens with two attached hydrogens (primary N) is 1. The van der Waals surface area contributed by atoms with Crippen LogP contribution in [-0.4, -0.2) is 12.2 Å². The molecule has 1 atom stereocenters. The van der Waals surface area contributed by atoms with Crippen LogP contribution in [0, 0.1) is 0 Å². The molecule has 0 heterocycles. The monoisotopic (exact) mass is 354 g/mol. The molecule has 0 spiro atoms. The highest BCUT2D eigenvalue weighted by Crippen LogP contribution is 2.37. The van der Waals surface area contributed by atoms with Crippen LogP contribution in [0.2, 0.25) is 0 Å². The molecule has 7 heteroatoms. The number of rotatable bonds is 4. The molecule has 1 unspecified atom stereocenters. The van der Waals surface area contributed by atoms with Crippen molar-refractivity contribution in [2.24, 2.45) is 5.73 Å². The van der Waals surface area contributed by atoms with Gasteiger partial charge in [0, 0.05) is 5.69 Å². The second-order valence-corrected chi connectivity index (χ2v) is 5.59. The molecule has 3 nitrogen and oxygen atoms in total. The van der Waals surface area contributed by atoms with E-state index in [0.717, 1.165) is 6.07 Å². The third kappa shape index (κ3) is 3.79. The molecule has 0 bridgehead atoms. The van der Waals surface area contributed by atoms with Crippen molar-refractivity contribution in [3.05, 3.63) is 59.7 Å². The summed E-state index contributed by atoms with van der Waals surface area (Å²) in [6, 6.07) is 11.5. The summed E-state index contributed by atoms with van der Waals surface area (Å²) in [6.07, 6.45) is -4.45. The smallest absolute Gasteiger partial charge is 0.416 e. The van der Waals surface area contributed by atoms with Gasteiger partial charge in [0.15, 0.2) is 5.11 Å². The molecule has 2 N–H and O–H groups in total. The first-order valence-electron chi connectivity index (χ1n) is 7.14. The molecular weight excluding hydrogens is 337 g/mol. The first kappa shape index (κ1) is 18.1. The summed E-state index contributed by atoms with van der Waals surface area (Å²) >= 11 is 5.06. The van der Waals surface area contributed by atoms with Crippen molar-refractivity contribution in [2.45, 2.75) is 19.1 Å². The van der Waals surface area contributed by atoms with Crippen LogP contribution in [0.25, 0.3) is 0 Å². The summed E-state index contributed by atoms with van der Waals surface area (Å²) in [5.74, 6) is 0.630. The Balaban J connectivity index is 2.47. The molecule has 0 fully saturated rings. The maximum atomic E-state index is 13.3. The minimum absolute atomic E-state index is 0.00959. The minimum Gasteiger partial charge on any atom is -0.497 e. The van der Waals surface area contributed by atoms with Crippen LogP contribution in [0.15, 0.2) is 48.5 Å². The van der Waals surface area contributed by atoms with E-state index in [9.17, 15) is 13.2 Å². The van der Waals surface area contributed by atoms with Gasteiger partial charge in [0.25, 0.3) is 0 Å².